The molecule has 0 radical (unpaired) electrons. The lowest BCUT2D eigenvalue weighted by atomic mass is 9.76. The van der Waals surface area contributed by atoms with Gasteiger partial charge in [0.05, 0.1) is 4.92 Å². The van der Waals surface area contributed by atoms with Crippen LogP contribution in [0.4, 0.5) is 0 Å². The molecule has 0 aliphatic heterocycles. The van der Waals surface area contributed by atoms with Gasteiger partial charge in [-0.1, -0.05) is 13.8 Å². The van der Waals surface area contributed by atoms with Crippen LogP contribution in [0.25, 0.3) is 0 Å². The highest BCUT2D eigenvalue weighted by Gasteiger charge is 2.24. The van der Waals surface area contributed by atoms with E-state index >= 15 is 0 Å². The topological polar surface area (TPSA) is 43.1 Å². The standard InChI is InChI=1S/C9H15NO2/c1-9(2)5-3-8(4-6-9)7-10(11)12/h7H,3-6H2,1-2H3. The molecule has 0 aromatic carbocycles. The van der Waals surface area contributed by atoms with Crippen LogP contribution in [0.3, 0.4) is 0 Å². The Labute approximate surface area is 72.6 Å². The minimum absolute atomic E-state index is 0.340. The van der Waals surface area contributed by atoms with Crippen molar-refractivity contribution in [3.8, 4) is 0 Å². The van der Waals surface area contributed by atoms with Gasteiger partial charge in [0.15, 0.2) is 0 Å². The van der Waals surface area contributed by atoms with Crippen molar-refractivity contribution in [1.82, 2.24) is 0 Å². The van der Waals surface area contributed by atoms with Gasteiger partial charge in [-0.05, 0) is 36.7 Å². The molecule has 3 nitrogen and oxygen atoms in total. The Balaban J connectivity index is 2.52. The number of nitro groups is 1. The highest BCUT2D eigenvalue weighted by Crippen LogP contribution is 2.37. The summed E-state index contributed by atoms with van der Waals surface area (Å²) in [6.45, 7) is 4.44. The average molecular weight is 169 g/mol. The van der Waals surface area contributed by atoms with Crippen molar-refractivity contribution in [3.63, 3.8) is 0 Å². The number of allylic oxidation sites excluding steroid dienone is 1. The molecule has 1 rings (SSSR count). The van der Waals surface area contributed by atoms with Gasteiger partial charge in [0, 0.05) is 0 Å². The molecular formula is C9H15NO2. The van der Waals surface area contributed by atoms with Crippen molar-refractivity contribution in [3.05, 3.63) is 21.9 Å². The Bertz CT molecular complexity index is 207. The molecule has 1 aliphatic carbocycles. The van der Waals surface area contributed by atoms with Gasteiger partial charge in [0.1, 0.15) is 0 Å². The van der Waals surface area contributed by atoms with Crippen molar-refractivity contribution >= 4 is 0 Å². The van der Waals surface area contributed by atoms with Crippen molar-refractivity contribution in [2.24, 2.45) is 5.41 Å². The number of rotatable bonds is 1. The minimum Gasteiger partial charge on any atom is -0.259 e. The quantitative estimate of drug-likeness (QED) is 0.447. The maximum Gasteiger partial charge on any atom is 0.233 e. The third kappa shape index (κ3) is 2.64. The Kier molecular flexibility index (Phi) is 2.50. The van der Waals surface area contributed by atoms with Gasteiger partial charge in [-0.25, -0.2) is 0 Å². The number of hydrogen-bond acceptors (Lipinski definition) is 2. The molecule has 12 heavy (non-hydrogen) atoms. The van der Waals surface area contributed by atoms with E-state index < -0.39 is 0 Å². The van der Waals surface area contributed by atoms with E-state index in [1.807, 2.05) is 0 Å². The first-order valence-corrected chi connectivity index (χ1v) is 4.33. The average Bonchev–Trinajstić information content (AvgIpc) is 1.93. The maximum atomic E-state index is 10.2. The first-order chi connectivity index (χ1) is 5.49. The van der Waals surface area contributed by atoms with E-state index in [2.05, 4.69) is 13.8 Å². The largest absolute Gasteiger partial charge is 0.259 e. The summed E-state index contributed by atoms with van der Waals surface area (Å²) >= 11 is 0. The fraction of sp³-hybridized carbons (Fsp3) is 0.778. The Morgan fingerprint density at radius 2 is 1.92 bits per heavy atom. The van der Waals surface area contributed by atoms with Crippen LogP contribution in [0.5, 0.6) is 0 Å². The lowest BCUT2D eigenvalue weighted by molar-refractivity contribution is -0.403. The highest BCUT2D eigenvalue weighted by atomic mass is 16.6. The van der Waals surface area contributed by atoms with Gasteiger partial charge < -0.3 is 0 Å². The van der Waals surface area contributed by atoms with E-state index in [0.29, 0.717) is 5.41 Å². The fourth-order valence-electron chi connectivity index (χ4n) is 1.53. The van der Waals surface area contributed by atoms with Crippen LogP contribution in [0.1, 0.15) is 39.5 Å². The van der Waals surface area contributed by atoms with Crippen LogP contribution in [-0.2, 0) is 0 Å². The van der Waals surface area contributed by atoms with E-state index in [-0.39, 0.29) is 4.92 Å². The molecule has 0 N–H and O–H groups in total. The lowest BCUT2D eigenvalue weighted by Crippen LogP contribution is -2.16. The predicted molar refractivity (Wildman–Crippen MR) is 47.3 cm³/mol. The van der Waals surface area contributed by atoms with E-state index in [1.165, 1.54) is 6.20 Å². The number of hydrogen-bond donors (Lipinski definition) is 0. The Morgan fingerprint density at radius 3 is 2.33 bits per heavy atom. The van der Waals surface area contributed by atoms with Crippen molar-refractivity contribution < 1.29 is 4.92 Å². The molecule has 0 saturated heterocycles. The van der Waals surface area contributed by atoms with Crippen LogP contribution in [0.2, 0.25) is 0 Å². The molecule has 0 bridgehead atoms. The maximum absolute atomic E-state index is 10.2. The second kappa shape index (κ2) is 3.25. The van der Waals surface area contributed by atoms with Crippen LogP contribution in [0, 0.1) is 15.5 Å². The molecule has 68 valence electrons. The predicted octanol–water partition coefficient (Wildman–Crippen LogP) is 2.75. The first kappa shape index (κ1) is 9.23. The summed E-state index contributed by atoms with van der Waals surface area (Å²) in [7, 11) is 0. The third-order valence-electron chi connectivity index (χ3n) is 2.53. The summed E-state index contributed by atoms with van der Waals surface area (Å²) in [4.78, 5) is 9.82. The zero-order valence-electron chi connectivity index (χ0n) is 7.67. The van der Waals surface area contributed by atoms with E-state index in [0.717, 1.165) is 31.3 Å². The third-order valence-corrected chi connectivity index (χ3v) is 2.53. The highest BCUT2D eigenvalue weighted by molar-refractivity contribution is 5.03. The SMILES string of the molecule is CC1(C)CCC(=C[N+](=O)[O-])CC1. The van der Waals surface area contributed by atoms with E-state index in [9.17, 15) is 10.1 Å². The summed E-state index contributed by atoms with van der Waals surface area (Å²) in [5, 5.41) is 10.2. The monoisotopic (exact) mass is 169 g/mol. The lowest BCUT2D eigenvalue weighted by Gasteiger charge is -2.29. The van der Waals surface area contributed by atoms with Crippen LogP contribution in [0.15, 0.2) is 11.8 Å². The second-order valence-electron chi connectivity index (χ2n) is 4.24. The molecule has 1 fully saturated rings. The van der Waals surface area contributed by atoms with Gasteiger partial charge in [0.2, 0.25) is 6.20 Å². The number of nitrogens with zero attached hydrogens (tertiary/aromatic N) is 1. The summed E-state index contributed by atoms with van der Waals surface area (Å²) in [5.74, 6) is 0. The van der Waals surface area contributed by atoms with Crippen molar-refractivity contribution in [2.75, 3.05) is 0 Å². The molecule has 0 unspecified atom stereocenters. The summed E-state index contributed by atoms with van der Waals surface area (Å²) in [6.07, 6.45) is 5.12. The molecule has 1 aliphatic rings. The molecule has 0 aromatic rings. The summed E-state index contributed by atoms with van der Waals surface area (Å²) < 4.78 is 0. The van der Waals surface area contributed by atoms with Gasteiger partial charge in [-0.2, -0.15) is 0 Å². The molecule has 0 amide bonds. The molecule has 0 atom stereocenters. The van der Waals surface area contributed by atoms with Gasteiger partial charge in [-0.3, -0.25) is 10.1 Å². The van der Waals surface area contributed by atoms with Crippen LogP contribution < -0.4 is 0 Å². The van der Waals surface area contributed by atoms with Crippen molar-refractivity contribution in [2.45, 2.75) is 39.5 Å². The molecule has 0 aromatic heterocycles. The van der Waals surface area contributed by atoms with Gasteiger partial charge in [0.25, 0.3) is 0 Å². The first-order valence-electron chi connectivity index (χ1n) is 4.33. The fourth-order valence-corrected chi connectivity index (χ4v) is 1.53. The Hall–Kier alpha value is -0.860. The normalized spacial score (nSPS) is 22.0. The molecule has 1 saturated carbocycles. The second-order valence-corrected chi connectivity index (χ2v) is 4.24. The molecular weight excluding hydrogens is 154 g/mol. The Morgan fingerprint density at radius 1 is 1.42 bits per heavy atom. The summed E-state index contributed by atoms with van der Waals surface area (Å²) in [5.41, 5.74) is 1.38. The van der Waals surface area contributed by atoms with Gasteiger partial charge >= 0.3 is 0 Å². The smallest absolute Gasteiger partial charge is 0.233 e. The molecule has 0 spiro atoms. The van der Waals surface area contributed by atoms with Crippen LogP contribution >= 0.6 is 0 Å². The van der Waals surface area contributed by atoms with E-state index in [1.54, 1.807) is 0 Å². The van der Waals surface area contributed by atoms with Gasteiger partial charge in [-0.15, -0.1) is 0 Å². The zero-order chi connectivity index (χ0) is 9.19. The summed E-state index contributed by atoms with van der Waals surface area (Å²) in [6, 6.07) is 0. The zero-order valence-corrected chi connectivity index (χ0v) is 7.67. The van der Waals surface area contributed by atoms with Crippen LogP contribution in [-0.4, -0.2) is 4.92 Å². The molecule has 0 heterocycles. The van der Waals surface area contributed by atoms with E-state index in [4.69, 9.17) is 0 Å². The minimum atomic E-state index is -0.340. The molecule has 3 heteroatoms. The van der Waals surface area contributed by atoms with Crippen molar-refractivity contribution in [1.29, 1.82) is 0 Å².